The van der Waals surface area contributed by atoms with E-state index < -0.39 is 5.79 Å². The summed E-state index contributed by atoms with van der Waals surface area (Å²) in [6.45, 7) is 10.3. The second-order valence-electron chi connectivity index (χ2n) is 4.21. The first kappa shape index (κ1) is 8.08. The zero-order valence-corrected chi connectivity index (χ0v) is 7.72. The molecule has 0 saturated carbocycles. The van der Waals surface area contributed by atoms with Gasteiger partial charge in [0, 0.05) is 0 Å². The number of ether oxygens (including phenoxy) is 3. The van der Waals surface area contributed by atoms with Crippen LogP contribution in [-0.2, 0) is 14.2 Å². The molecule has 0 aromatic carbocycles. The van der Waals surface area contributed by atoms with Crippen molar-refractivity contribution >= 4 is 0 Å². The molecule has 12 heavy (non-hydrogen) atoms. The highest BCUT2D eigenvalue weighted by atomic mass is 16.8. The van der Waals surface area contributed by atoms with Crippen molar-refractivity contribution < 1.29 is 14.2 Å². The Bertz CT molecular complexity index is 234. The van der Waals surface area contributed by atoms with Gasteiger partial charge in [0.25, 0.3) is 0 Å². The van der Waals surface area contributed by atoms with Gasteiger partial charge in [-0.15, -0.1) is 0 Å². The molecule has 2 fully saturated rings. The molecule has 0 aromatic rings. The van der Waals surface area contributed by atoms with E-state index in [2.05, 4.69) is 20.4 Å². The van der Waals surface area contributed by atoms with Gasteiger partial charge in [0.1, 0.15) is 0 Å². The summed E-state index contributed by atoms with van der Waals surface area (Å²) in [4.78, 5) is 0. The van der Waals surface area contributed by atoms with E-state index in [4.69, 9.17) is 14.2 Å². The minimum atomic E-state index is -0.708. The Balaban J connectivity index is 2.29. The molecule has 2 rings (SSSR count). The summed E-state index contributed by atoms with van der Waals surface area (Å²) in [7, 11) is 0. The van der Waals surface area contributed by atoms with E-state index in [1.807, 2.05) is 6.92 Å². The molecule has 0 aliphatic carbocycles. The van der Waals surface area contributed by atoms with Gasteiger partial charge < -0.3 is 14.2 Å². The average Bonchev–Trinajstić information content (AvgIpc) is 2.22. The Morgan fingerprint density at radius 1 is 1.42 bits per heavy atom. The predicted octanol–water partition coefficient (Wildman–Crippen LogP) is 1.65. The summed E-state index contributed by atoms with van der Waals surface area (Å²) < 4.78 is 16.6. The average molecular weight is 170 g/mol. The fourth-order valence-corrected chi connectivity index (χ4v) is 1.36. The van der Waals surface area contributed by atoms with Crippen LogP contribution in [-0.4, -0.2) is 18.7 Å². The van der Waals surface area contributed by atoms with Gasteiger partial charge in [0.15, 0.2) is 5.76 Å². The SMILES string of the molecule is C=C1O[C@@H]2O[C@@]1(C)OCC2(C)C. The summed E-state index contributed by atoms with van der Waals surface area (Å²) in [5, 5.41) is 0. The molecule has 2 saturated heterocycles. The van der Waals surface area contributed by atoms with Gasteiger partial charge in [0.2, 0.25) is 12.1 Å². The van der Waals surface area contributed by atoms with Crippen molar-refractivity contribution in [1.29, 1.82) is 0 Å². The largest absolute Gasteiger partial charge is 0.463 e. The third-order valence-corrected chi connectivity index (χ3v) is 2.45. The van der Waals surface area contributed by atoms with Crippen LogP contribution in [0.5, 0.6) is 0 Å². The Morgan fingerprint density at radius 3 is 2.67 bits per heavy atom. The molecule has 2 aliphatic heterocycles. The summed E-state index contributed by atoms with van der Waals surface area (Å²) in [5.74, 6) is -0.127. The monoisotopic (exact) mass is 170 g/mol. The zero-order valence-electron chi connectivity index (χ0n) is 7.72. The van der Waals surface area contributed by atoms with Crippen molar-refractivity contribution in [1.82, 2.24) is 0 Å². The third-order valence-electron chi connectivity index (χ3n) is 2.45. The molecular formula is C9H14O3. The minimum Gasteiger partial charge on any atom is -0.463 e. The molecular weight excluding hydrogens is 156 g/mol. The Kier molecular flexibility index (Phi) is 1.37. The van der Waals surface area contributed by atoms with Gasteiger partial charge in [0.05, 0.1) is 12.0 Å². The van der Waals surface area contributed by atoms with Gasteiger partial charge >= 0.3 is 0 Å². The fourth-order valence-electron chi connectivity index (χ4n) is 1.36. The standard InChI is InChI=1S/C9H14O3/c1-6-9(4)10-5-8(2,3)7(11-6)12-9/h7H,1,5H2,2-4H3/t7-,9-/m1/s1. The maximum Gasteiger partial charge on any atom is 0.227 e. The van der Waals surface area contributed by atoms with Crippen LogP contribution in [0.25, 0.3) is 0 Å². The summed E-state index contributed by atoms with van der Waals surface area (Å²) >= 11 is 0. The van der Waals surface area contributed by atoms with E-state index >= 15 is 0 Å². The second kappa shape index (κ2) is 2.03. The normalized spacial score (nSPS) is 44.2. The van der Waals surface area contributed by atoms with Gasteiger partial charge in [-0.05, 0) is 6.92 Å². The quantitative estimate of drug-likeness (QED) is 0.553. The van der Waals surface area contributed by atoms with Gasteiger partial charge in [-0.25, -0.2) is 0 Å². The van der Waals surface area contributed by atoms with Gasteiger partial charge in [-0.1, -0.05) is 20.4 Å². The van der Waals surface area contributed by atoms with E-state index in [-0.39, 0.29) is 11.7 Å². The van der Waals surface area contributed by atoms with Crippen LogP contribution in [0.3, 0.4) is 0 Å². The van der Waals surface area contributed by atoms with E-state index in [1.165, 1.54) is 0 Å². The first-order valence-electron chi connectivity index (χ1n) is 4.12. The lowest BCUT2D eigenvalue weighted by Crippen LogP contribution is -2.45. The Labute approximate surface area is 72.3 Å². The maximum atomic E-state index is 5.57. The lowest BCUT2D eigenvalue weighted by atomic mass is 9.93. The van der Waals surface area contributed by atoms with Crippen molar-refractivity contribution in [2.24, 2.45) is 5.41 Å². The molecule has 3 heteroatoms. The minimum absolute atomic E-state index is 0.0844. The van der Waals surface area contributed by atoms with Crippen LogP contribution < -0.4 is 0 Å². The van der Waals surface area contributed by atoms with E-state index in [9.17, 15) is 0 Å². The highest BCUT2D eigenvalue weighted by Gasteiger charge is 2.54. The molecule has 68 valence electrons. The molecule has 0 aromatic heterocycles. The number of hydrogen-bond acceptors (Lipinski definition) is 3. The summed E-state index contributed by atoms with van der Waals surface area (Å²) in [6.07, 6.45) is -0.205. The summed E-state index contributed by atoms with van der Waals surface area (Å²) in [5.41, 5.74) is -0.0844. The molecule has 0 unspecified atom stereocenters. The lowest BCUT2D eigenvalue weighted by molar-refractivity contribution is -0.294. The molecule has 3 nitrogen and oxygen atoms in total. The summed E-state index contributed by atoms with van der Waals surface area (Å²) in [6, 6.07) is 0. The van der Waals surface area contributed by atoms with E-state index in [0.717, 1.165) is 0 Å². The van der Waals surface area contributed by atoms with Crippen molar-refractivity contribution in [2.45, 2.75) is 32.8 Å². The van der Waals surface area contributed by atoms with Crippen molar-refractivity contribution in [2.75, 3.05) is 6.61 Å². The first-order chi connectivity index (χ1) is 5.44. The number of hydrogen-bond donors (Lipinski definition) is 0. The lowest BCUT2D eigenvalue weighted by Gasteiger charge is -2.36. The van der Waals surface area contributed by atoms with Crippen molar-refractivity contribution in [3.8, 4) is 0 Å². The number of rotatable bonds is 0. The highest BCUT2D eigenvalue weighted by Crippen LogP contribution is 2.45. The van der Waals surface area contributed by atoms with E-state index in [1.54, 1.807) is 0 Å². The molecule has 2 aliphatic rings. The van der Waals surface area contributed by atoms with Crippen LogP contribution >= 0.6 is 0 Å². The Morgan fingerprint density at radius 2 is 2.08 bits per heavy atom. The highest BCUT2D eigenvalue weighted by molar-refractivity contribution is 5.06. The maximum absolute atomic E-state index is 5.57. The van der Waals surface area contributed by atoms with Gasteiger partial charge in [-0.3, -0.25) is 0 Å². The Hall–Kier alpha value is -0.540. The smallest absolute Gasteiger partial charge is 0.227 e. The van der Waals surface area contributed by atoms with Crippen LogP contribution in [0.15, 0.2) is 12.3 Å². The topological polar surface area (TPSA) is 27.7 Å². The molecule has 0 radical (unpaired) electrons. The molecule has 0 amide bonds. The van der Waals surface area contributed by atoms with Crippen LogP contribution in [0.1, 0.15) is 20.8 Å². The molecule has 2 bridgehead atoms. The van der Waals surface area contributed by atoms with Crippen LogP contribution in [0.4, 0.5) is 0 Å². The number of fused-ring (bicyclic) bond motifs is 2. The third kappa shape index (κ3) is 0.898. The zero-order chi connectivity index (χ0) is 8.98. The van der Waals surface area contributed by atoms with E-state index in [0.29, 0.717) is 12.4 Å². The second-order valence-corrected chi connectivity index (χ2v) is 4.21. The van der Waals surface area contributed by atoms with Crippen LogP contribution in [0.2, 0.25) is 0 Å². The molecule has 2 heterocycles. The molecule has 0 spiro atoms. The predicted molar refractivity (Wildman–Crippen MR) is 43.2 cm³/mol. The fraction of sp³-hybridized carbons (Fsp3) is 0.778. The van der Waals surface area contributed by atoms with Gasteiger partial charge in [-0.2, -0.15) is 0 Å². The van der Waals surface area contributed by atoms with Crippen molar-refractivity contribution in [3.63, 3.8) is 0 Å². The van der Waals surface area contributed by atoms with Crippen molar-refractivity contribution in [3.05, 3.63) is 12.3 Å². The first-order valence-corrected chi connectivity index (χ1v) is 4.12. The van der Waals surface area contributed by atoms with Crippen LogP contribution in [0, 0.1) is 5.41 Å². The molecule has 2 atom stereocenters. The molecule has 0 N–H and O–H groups in total.